The van der Waals surface area contributed by atoms with Crippen LogP contribution in [0.3, 0.4) is 0 Å². The van der Waals surface area contributed by atoms with Crippen molar-refractivity contribution in [3.63, 3.8) is 0 Å². The summed E-state index contributed by atoms with van der Waals surface area (Å²) < 4.78 is 21.7. The van der Waals surface area contributed by atoms with E-state index in [0.29, 0.717) is 0 Å². The molecule has 1 aromatic rings. The van der Waals surface area contributed by atoms with Gasteiger partial charge in [-0.2, -0.15) is 0 Å². The quantitative estimate of drug-likeness (QED) is 0.317. The van der Waals surface area contributed by atoms with Crippen LogP contribution < -0.4 is 0 Å². The van der Waals surface area contributed by atoms with E-state index in [-0.39, 0.29) is 19.8 Å². The molecule has 26 heavy (non-hydrogen) atoms. The molecule has 9 nitrogen and oxygen atoms in total. The Morgan fingerprint density at radius 2 is 2.00 bits per heavy atom. The maximum Gasteiger partial charge on any atom is 0.303 e. The number of carbonyl (C=O) groups is 2. The fourth-order valence-corrected chi connectivity index (χ4v) is 2.65. The van der Waals surface area contributed by atoms with E-state index in [4.69, 9.17) is 24.5 Å². The Balaban J connectivity index is 2.12. The lowest BCUT2D eigenvalue weighted by molar-refractivity contribution is -0.194. The molecule has 0 amide bonds. The van der Waals surface area contributed by atoms with Crippen LogP contribution in [0.4, 0.5) is 0 Å². The minimum absolute atomic E-state index is 0.111. The van der Waals surface area contributed by atoms with E-state index in [0.717, 1.165) is 5.56 Å². The third kappa shape index (κ3) is 5.73. The maximum absolute atomic E-state index is 11.5. The normalized spacial score (nSPS) is 25.0. The zero-order valence-electron chi connectivity index (χ0n) is 14.6. The van der Waals surface area contributed by atoms with Crippen molar-refractivity contribution in [3.8, 4) is 0 Å². The number of ether oxygens (including phenoxy) is 4. The number of esters is 2. The van der Waals surface area contributed by atoms with Crippen molar-refractivity contribution >= 4 is 11.9 Å². The first-order valence-corrected chi connectivity index (χ1v) is 8.13. The average Bonchev–Trinajstić information content (AvgIpc) is 2.61. The Kier molecular flexibility index (Phi) is 7.40. The number of rotatable bonds is 7. The molecule has 4 atom stereocenters. The Bertz CT molecular complexity index is 662. The van der Waals surface area contributed by atoms with E-state index in [1.165, 1.54) is 13.8 Å². The van der Waals surface area contributed by atoms with Gasteiger partial charge in [0.1, 0.15) is 24.9 Å². The molecule has 140 valence electrons. The lowest BCUT2D eigenvalue weighted by atomic mass is 9.97. The molecule has 1 heterocycles. The molecule has 0 radical (unpaired) electrons. The predicted molar refractivity (Wildman–Crippen MR) is 89.9 cm³/mol. The summed E-state index contributed by atoms with van der Waals surface area (Å²) in [7, 11) is 0. The van der Waals surface area contributed by atoms with E-state index in [9.17, 15) is 9.59 Å². The highest BCUT2D eigenvalue weighted by Gasteiger charge is 2.43. The fraction of sp³-hybridized carbons (Fsp3) is 0.529. The van der Waals surface area contributed by atoms with Crippen molar-refractivity contribution in [2.45, 2.75) is 44.8 Å². The van der Waals surface area contributed by atoms with Crippen LogP contribution in [-0.2, 0) is 35.1 Å². The molecule has 0 aliphatic carbocycles. The Hall–Kier alpha value is -2.61. The SMILES string of the molecule is CC(=O)OC[C@H]1OC[C@@H](OCc2ccccc2)[C@@H](N=[N+]=[N-])[C@@H]1OC(C)=O. The predicted octanol–water partition coefficient (Wildman–Crippen LogP) is 2.14. The number of benzene rings is 1. The van der Waals surface area contributed by atoms with Crippen LogP contribution in [0.25, 0.3) is 10.4 Å². The molecule has 1 saturated heterocycles. The van der Waals surface area contributed by atoms with Crippen LogP contribution >= 0.6 is 0 Å². The molecule has 0 aromatic heterocycles. The van der Waals surface area contributed by atoms with Crippen LogP contribution in [0.2, 0.25) is 0 Å². The van der Waals surface area contributed by atoms with Gasteiger partial charge in [-0.05, 0) is 11.1 Å². The zero-order chi connectivity index (χ0) is 18.9. The standard InChI is InChI=1S/C17H21N3O6/c1-11(21)23-10-15-17(26-12(2)22)16(19-20-18)14(9-25-15)24-8-13-6-4-3-5-7-13/h3-7,14-17H,8-10H2,1-2H3/t14-,15-,16-,17-/m1/s1. The number of hydrogen-bond acceptors (Lipinski definition) is 7. The minimum atomic E-state index is -0.919. The van der Waals surface area contributed by atoms with Crippen LogP contribution in [-0.4, -0.2) is 49.5 Å². The van der Waals surface area contributed by atoms with Gasteiger partial charge in [-0.25, -0.2) is 0 Å². The average molecular weight is 363 g/mol. The molecule has 0 saturated carbocycles. The molecule has 1 aliphatic heterocycles. The largest absolute Gasteiger partial charge is 0.463 e. The maximum atomic E-state index is 11.5. The second-order valence-electron chi connectivity index (χ2n) is 5.78. The molecular formula is C17H21N3O6. The van der Waals surface area contributed by atoms with Gasteiger partial charge >= 0.3 is 11.9 Å². The third-order valence-corrected chi connectivity index (χ3v) is 3.80. The molecule has 1 aromatic carbocycles. The van der Waals surface area contributed by atoms with E-state index in [1.54, 1.807) is 0 Å². The summed E-state index contributed by atoms with van der Waals surface area (Å²) in [6, 6.07) is 8.67. The van der Waals surface area contributed by atoms with Gasteiger partial charge < -0.3 is 18.9 Å². The van der Waals surface area contributed by atoms with Gasteiger partial charge in [0, 0.05) is 18.8 Å². The summed E-state index contributed by atoms with van der Waals surface area (Å²) in [5.41, 5.74) is 9.86. The first-order valence-electron chi connectivity index (χ1n) is 8.13. The van der Waals surface area contributed by atoms with Gasteiger partial charge in [-0.3, -0.25) is 9.59 Å². The van der Waals surface area contributed by atoms with Gasteiger partial charge in [0.25, 0.3) is 0 Å². The second-order valence-corrected chi connectivity index (χ2v) is 5.78. The monoisotopic (exact) mass is 363 g/mol. The van der Waals surface area contributed by atoms with E-state index >= 15 is 0 Å². The summed E-state index contributed by atoms with van der Waals surface area (Å²) in [6.07, 6.45) is -2.27. The van der Waals surface area contributed by atoms with Crippen LogP contribution in [0.1, 0.15) is 19.4 Å². The summed E-state index contributed by atoms with van der Waals surface area (Å²) in [5.74, 6) is -1.05. The number of azide groups is 1. The molecular weight excluding hydrogens is 342 g/mol. The highest BCUT2D eigenvalue weighted by molar-refractivity contribution is 5.66. The first kappa shape index (κ1) is 19.7. The molecule has 1 fully saturated rings. The molecule has 2 rings (SSSR count). The summed E-state index contributed by atoms with van der Waals surface area (Å²) >= 11 is 0. The second kappa shape index (κ2) is 9.76. The smallest absolute Gasteiger partial charge is 0.303 e. The Morgan fingerprint density at radius 3 is 2.62 bits per heavy atom. The number of carbonyl (C=O) groups excluding carboxylic acids is 2. The topological polar surface area (TPSA) is 120 Å². The summed E-state index contributed by atoms with van der Waals surface area (Å²) in [5, 5.41) is 3.75. The highest BCUT2D eigenvalue weighted by Crippen LogP contribution is 2.25. The summed E-state index contributed by atoms with van der Waals surface area (Å²) in [4.78, 5) is 25.4. The highest BCUT2D eigenvalue weighted by atomic mass is 16.6. The van der Waals surface area contributed by atoms with Gasteiger partial charge in [0.2, 0.25) is 0 Å². The van der Waals surface area contributed by atoms with Gasteiger partial charge in [0.05, 0.1) is 19.3 Å². The first-order chi connectivity index (χ1) is 12.5. The van der Waals surface area contributed by atoms with Crippen LogP contribution in [0.15, 0.2) is 35.4 Å². The lowest BCUT2D eigenvalue weighted by Crippen LogP contribution is -2.56. The van der Waals surface area contributed by atoms with Crippen LogP contribution in [0, 0.1) is 0 Å². The Morgan fingerprint density at radius 1 is 1.27 bits per heavy atom. The molecule has 1 aliphatic rings. The zero-order valence-corrected chi connectivity index (χ0v) is 14.6. The Labute approximate surface area is 150 Å². The molecule has 0 N–H and O–H groups in total. The van der Waals surface area contributed by atoms with Crippen molar-refractivity contribution in [1.29, 1.82) is 0 Å². The van der Waals surface area contributed by atoms with E-state index in [2.05, 4.69) is 10.0 Å². The molecule has 9 heteroatoms. The van der Waals surface area contributed by atoms with Gasteiger partial charge in [0.15, 0.2) is 0 Å². The van der Waals surface area contributed by atoms with Crippen molar-refractivity contribution in [3.05, 3.63) is 46.3 Å². The fourth-order valence-electron chi connectivity index (χ4n) is 2.65. The van der Waals surface area contributed by atoms with E-state index in [1.807, 2.05) is 30.3 Å². The third-order valence-electron chi connectivity index (χ3n) is 3.80. The molecule has 0 spiro atoms. The van der Waals surface area contributed by atoms with Crippen molar-refractivity contribution in [2.24, 2.45) is 5.11 Å². The van der Waals surface area contributed by atoms with Gasteiger partial charge in [-0.1, -0.05) is 35.4 Å². The van der Waals surface area contributed by atoms with Gasteiger partial charge in [-0.15, -0.1) is 0 Å². The van der Waals surface area contributed by atoms with Crippen LogP contribution in [0.5, 0.6) is 0 Å². The molecule has 0 bridgehead atoms. The molecule has 0 unspecified atom stereocenters. The van der Waals surface area contributed by atoms with Crippen molar-refractivity contribution in [2.75, 3.05) is 13.2 Å². The number of nitrogens with zero attached hydrogens (tertiary/aromatic N) is 3. The number of hydrogen-bond donors (Lipinski definition) is 0. The van der Waals surface area contributed by atoms with E-state index < -0.39 is 36.3 Å². The van der Waals surface area contributed by atoms with Crippen molar-refractivity contribution < 1.29 is 28.5 Å². The van der Waals surface area contributed by atoms with Crippen molar-refractivity contribution in [1.82, 2.24) is 0 Å². The summed E-state index contributed by atoms with van der Waals surface area (Å²) in [6.45, 7) is 2.79. The minimum Gasteiger partial charge on any atom is -0.463 e. The lowest BCUT2D eigenvalue weighted by Gasteiger charge is -2.39.